The first kappa shape index (κ1) is 41.5. The Morgan fingerprint density at radius 3 is 2.10 bits per heavy atom. The number of carbonyl (C=O) groups excluding carboxylic acids is 4. The van der Waals surface area contributed by atoms with Crippen molar-refractivity contribution in [3.8, 4) is 33.9 Å². The number of rotatable bonds is 11. The van der Waals surface area contributed by atoms with Crippen LogP contribution in [0.2, 0.25) is 0 Å². The maximum Gasteiger partial charge on any atom is 0.407 e. The molecule has 0 unspecified atom stereocenters. The van der Waals surface area contributed by atoms with Crippen molar-refractivity contribution in [2.45, 2.75) is 89.6 Å². The van der Waals surface area contributed by atoms with Crippen molar-refractivity contribution in [3.05, 3.63) is 83.3 Å². The van der Waals surface area contributed by atoms with Crippen LogP contribution >= 0.6 is 0 Å². The molecule has 4 aliphatic heterocycles. The van der Waals surface area contributed by atoms with E-state index in [2.05, 4.69) is 58.1 Å². The number of carbonyl (C=O) groups is 4. The summed E-state index contributed by atoms with van der Waals surface area (Å²) in [4.78, 5) is 68.3. The molecule has 5 heterocycles. The summed E-state index contributed by atoms with van der Waals surface area (Å²) in [5.74, 6) is 1.84. The van der Waals surface area contributed by atoms with Crippen molar-refractivity contribution in [2.24, 2.45) is 10.9 Å². The summed E-state index contributed by atoms with van der Waals surface area (Å²) in [6.07, 6.45) is 4.53. The number of aromatic amines is 1. The van der Waals surface area contributed by atoms with Crippen LogP contribution in [-0.2, 0) is 36.6 Å². The van der Waals surface area contributed by atoms with Crippen LogP contribution in [0, 0.1) is 5.92 Å². The number of alkyl carbamates (subject to hydrolysis) is 2. The Hall–Kier alpha value is -6.22. The molecule has 0 radical (unpaired) electrons. The highest BCUT2D eigenvalue weighted by Crippen LogP contribution is 2.42. The molecule has 5 atom stereocenters. The van der Waals surface area contributed by atoms with Gasteiger partial charge in [0.1, 0.15) is 29.4 Å². The van der Waals surface area contributed by atoms with E-state index >= 15 is 0 Å². The highest BCUT2D eigenvalue weighted by Gasteiger charge is 2.40. The molecular formula is C46H53N7O8. The van der Waals surface area contributed by atoms with Gasteiger partial charge in [-0.2, -0.15) is 0 Å². The second-order valence-electron chi connectivity index (χ2n) is 16.5. The van der Waals surface area contributed by atoms with Crippen LogP contribution in [-0.4, -0.2) is 108 Å². The lowest BCUT2D eigenvalue weighted by Crippen LogP contribution is -2.54. The van der Waals surface area contributed by atoms with Crippen LogP contribution in [0.4, 0.5) is 15.3 Å². The number of imidazole rings is 1. The van der Waals surface area contributed by atoms with E-state index in [1.165, 1.54) is 21.3 Å². The lowest BCUT2D eigenvalue weighted by molar-refractivity contribution is -0.137. The topological polar surface area (TPSA) is 177 Å². The molecular weight excluding hydrogens is 779 g/mol. The van der Waals surface area contributed by atoms with E-state index in [-0.39, 0.29) is 29.8 Å². The maximum absolute atomic E-state index is 13.7. The first-order chi connectivity index (χ1) is 29.5. The predicted molar refractivity (Wildman–Crippen MR) is 228 cm³/mol. The van der Waals surface area contributed by atoms with Crippen LogP contribution in [0.5, 0.6) is 11.5 Å². The molecule has 4 amide bonds. The Bertz CT molecular complexity index is 2370. The molecule has 15 heteroatoms. The van der Waals surface area contributed by atoms with Gasteiger partial charge >= 0.3 is 12.2 Å². The largest absolute Gasteiger partial charge is 0.457 e. The lowest BCUT2D eigenvalue weighted by atomic mass is 9.94. The third-order valence-corrected chi connectivity index (χ3v) is 12.4. The number of ether oxygens (including phenoxy) is 4. The van der Waals surface area contributed by atoms with E-state index in [0.29, 0.717) is 31.8 Å². The minimum atomic E-state index is -0.903. The van der Waals surface area contributed by atoms with Crippen LogP contribution in [0.1, 0.15) is 75.0 Å². The molecule has 2 saturated heterocycles. The number of aliphatic imine (C=N–C) groups is 1. The fraction of sp³-hybridized carbons (Fsp3) is 0.435. The van der Waals surface area contributed by atoms with Crippen molar-refractivity contribution < 1.29 is 38.1 Å². The van der Waals surface area contributed by atoms with E-state index in [4.69, 9.17) is 28.9 Å². The summed E-state index contributed by atoms with van der Waals surface area (Å²) < 4.78 is 21.5. The molecule has 0 spiro atoms. The zero-order valence-electron chi connectivity index (χ0n) is 35.4. The number of H-pyrrole nitrogens is 1. The average molecular weight is 832 g/mol. The van der Waals surface area contributed by atoms with Crippen LogP contribution < -0.4 is 15.4 Å². The molecule has 4 aliphatic rings. The smallest absolute Gasteiger partial charge is 0.407 e. The number of nitrogens with one attached hydrogen (secondary N) is 3. The summed E-state index contributed by atoms with van der Waals surface area (Å²) in [6.45, 7) is 6.73. The molecule has 3 aromatic carbocycles. The minimum Gasteiger partial charge on any atom is -0.457 e. The van der Waals surface area contributed by atoms with Crippen molar-refractivity contribution >= 4 is 35.4 Å². The molecule has 4 aromatic rings. The van der Waals surface area contributed by atoms with Crippen molar-refractivity contribution in [1.82, 2.24) is 30.4 Å². The number of fused-ring (bicyclic) bond motifs is 3. The second-order valence-corrected chi connectivity index (χ2v) is 16.5. The van der Waals surface area contributed by atoms with Gasteiger partial charge in [-0.3, -0.25) is 14.6 Å². The molecule has 320 valence electrons. The van der Waals surface area contributed by atoms with E-state index < -0.39 is 30.4 Å². The Labute approximate surface area is 355 Å². The molecule has 0 bridgehead atoms. The van der Waals surface area contributed by atoms with Gasteiger partial charge in [0.15, 0.2) is 0 Å². The SMILES string of the molecule is COC(=O)N[C@H](C(=O)N1CCC[C@H]1C1=Nc2ccc(-c3ccc4c(c3)Oc3ccc(-c5cnc([C@@H]6CCCN6C(=O)[C@@H](NC(=O)OC)[C@@H](C)OC)[nH]5)cc3C4)cc2C1)C(C)C. The fourth-order valence-corrected chi connectivity index (χ4v) is 8.98. The lowest BCUT2D eigenvalue weighted by Gasteiger charge is -2.30. The predicted octanol–water partition coefficient (Wildman–Crippen LogP) is 6.86. The molecule has 2 fully saturated rings. The summed E-state index contributed by atoms with van der Waals surface area (Å²) in [6, 6.07) is 16.8. The number of benzene rings is 3. The summed E-state index contributed by atoms with van der Waals surface area (Å²) in [5, 5.41) is 5.36. The molecule has 1 aromatic heterocycles. The number of likely N-dealkylation sites (tertiary alicyclic amines) is 2. The van der Waals surface area contributed by atoms with E-state index in [1.807, 2.05) is 30.9 Å². The Morgan fingerprint density at radius 2 is 1.38 bits per heavy atom. The standard InChI is InChI=1S/C46H53N7O8/c1-25(2)40(50-45(56)59-5)43(54)52-17-7-9-36(52)34-22-31-19-27(13-15-33(31)48-34)28-11-12-30-21-32-20-29(14-16-38(32)61-39(30)23-28)35-24-47-42(49-35)37-10-8-18-53(37)44(55)41(26(3)58-4)51-46(57)60-6/h11-16,19-20,23-26,36-37,40-41H,7-10,17-18,21-22H2,1-6H3,(H,47,49)(H,50,56)(H,51,57)/t26-,36+,37+,40+,41+/m1/s1. The van der Waals surface area contributed by atoms with Crippen LogP contribution in [0.3, 0.4) is 0 Å². The third kappa shape index (κ3) is 8.30. The third-order valence-electron chi connectivity index (χ3n) is 12.4. The highest BCUT2D eigenvalue weighted by molar-refractivity contribution is 6.01. The van der Waals surface area contributed by atoms with Crippen molar-refractivity contribution in [1.29, 1.82) is 0 Å². The number of nitrogens with zero attached hydrogens (tertiary/aromatic N) is 4. The van der Waals surface area contributed by atoms with E-state index in [1.54, 1.807) is 18.0 Å². The number of hydrogen-bond donors (Lipinski definition) is 3. The van der Waals surface area contributed by atoms with Gasteiger partial charge in [0.2, 0.25) is 11.8 Å². The quantitative estimate of drug-likeness (QED) is 0.128. The zero-order chi connectivity index (χ0) is 42.9. The van der Waals surface area contributed by atoms with Gasteiger partial charge in [-0.25, -0.2) is 14.6 Å². The second kappa shape index (κ2) is 17.4. The minimum absolute atomic E-state index is 0.0967. The Balaban J connectivity index is 0.934. The van der Waals surface area contributed by atoms with Gasteiger partial charge in [-0.15, -0.1) is 0 Å². The maximum atomic E-state index is 13.7. The summed E-state index contributed by atoms with van der Waals surface area (Å²) >= 11 is 0. The Kier molecular flexibility index (Phi) is 11.8. The summed E-state index contributed by atoms with van der Waals surface area (Å²) in [7, 11) is 4.06. The van der Waals surface area contributed by atoms with Crippen LogP contribution in [0.25, 0.3) is 22.4 Å². The summed E-state index contributed by atoms with van der Waals surface area (Å²) in [5.41, 5.74) is 9.03. The number of methoxy groups -OCH3 is 3. The molecule has 0 aliphatic carbocycles. The van der Waals surface area contributed by atoms with Gasteiger partial charge < -0.3 is 44.4 Å². The molecule has 0 saturated carbocycles. The van der Waals surface area contributed by atoms with Crippen LogP contribution in [0.15, 0.2) is 65.8 Å². The average Bonchev–Trinajstić information content (AvgIpc) is 4.11. The monoisotopic (exact) mass is 831 g/mol. The molecule has 61 heavy (non-hydrogen) atoms. The molecule has 8 rings (SSSR count). The Morgan fingerprint density at radius 1 is 0.738 bits per heavy atom. The first-order valence-electron chi connectivity index (χ1n) is 21.0. The number of hydrogen-bond acceptors (Lipinski definition) is 10. The zero-order valence-corrected chi connectivity index (χ0v) is 35.4. The van der Waals surface area contributed by atoms with E-state index in [0.717, 1.165) is 87.7 Å². The van der Waals surface area contributed by atoms with Crippen molar-refractivity contribution in [2.75, 3.05) is 34.4 Å². The first-order valence-corrected chi connectivity index (χ1v) is 21.0. The van der Waals surface area contributed by atoms with Gasteiger partial charge in [-0.05, 0) is 103 Å². The molecule has 3 N–H and O–H groups in total. The number of aromatic nitrogens is 2. The normalized spacial score (nSPS) is 19.2. The number of amides is 4. The fourth-order valence-electron chi connectivity index (χ4n) is 8.98. The molecule has 15 nitrogen and oxygen atoms in total. The van der Waals surface area contributed by atoms with E-state index in [9.17, 15) is 19.2 Å². The van der Waals surface area contributed by atoms with Crippen molar-refractivity contribution in [3.63, 3.8) is 0 Å². The van der Waals surface area contributed by atoms with Gasteiger partial charge in [0.25, 0.3) is 0 Å². The van der Waals surface area contributed by atoms with Gasteiger partial charge in [0, 0.05) is 44.3 Å². The van der Waals surface area contributed by atoms with Gasteiger partial charge in [0.05, 0.1) is 50.0 Å². The highest BCUT2D eigenvalue weighted by atomic mass is 16.5. The van der Waals surface area contributed by atoms with Gasteiger partial charge in [-0.1, -0.05) is 32.0 Å².